The lowest BCUT2D eigenvalue weighted by atomic mass is 9.96. The van der Waals surface area contributed by atoms with Crippen LogP contribution in [0.1, 0.15) is 44.9 Å². The Morgan fingerprint density at radius 2 is 1.97 bits per heavy atom. The van der Waals surface area contributed by atoms with Gasteiger partial charge in [0.05, 0.1) is 46.1 Å². The van der Waals surface area contributed by atoms with Crippen LogP contribution in [0.3, 0.4) is 0 Å². The number of hydrogen-bond donors (Lipinski definition) is 0. The molecule has 2 aromatic carbocycles. The zero-order chi connectivity index (χ0) is 26.9. The van der Waals surface area contributed by atoms with E-state index in [0.29, 0.717) is 42.1 Å². The minimum Gasteiger partial charge on any atom is -0.493 e. The number of benzene rings is 2. The predicted octanol–water partition coefficient (Wildman–Crippen LogP) is 4.50. The number of thiazole rings is 1. The van der Waals surface area contributed by atoms with Crippen molar-refractivity contribution in [1.29, 1.82) is 0 Å². The van der Waals surface area contributed by atoms with E-state index in [-0.39, 0.29) is 23.8 Å². The van der Waals surface area contributed by atoms with E-state index >= 15 is 0 Å². The molecule has 37 heavy (non-hydrogen) atoms. The first-order valence-electron chi connectivity index (χ1n) is 11.6. The van der Waals surface area contributed by atoms with Gasteiger partial charge in [0.2, 0.25) is 0 Å². The summed E-state index contributed by atoms with van der Waals surface area (Å²) in [7, 11) is 1.55. The molecule has 194 valence electrons. The van der Waals surface area contributed by atoms with Crippen molar-refractivity contribution in [1.82, 2.24) is 4.57 Å². The molecule has 0 amide bonds. The molecule has 7 nitrogen and oxygen atoms in total. The van der Waals surface area contributed by atoms with Crippen LogP contribution in [0, 0.1) is 5.82 Å². The standard InChI is InChI=1S/C27H26BrFN2O5S/c1-6-35-26(33)22-15(4)30-27-31(23(22)17-7-9-18(29)10-8-17)25(32)21(37-27)13-16-11-19(28)24(36-14(2)3)20(12-16)34-5/h7-14,23H,6H2,1-5H3/b21-13-/t23-/m1/s1. The maximum absolute atomic E-state index is 13.7. The van der Waals surface area contributed by atoms with Crippen molar-refractivity contribution in [2.75, 3.05) is 13.7 Å². The lowest BCUT2D eigenvalue weighted by Crippen LogP contribution is -2.39. The molecule has 4 rings (SSSR count). The number of nitrogens with zero attached hydrogens (tertiary/aromatic N) is 2. The van der Waals surface area contributed by atoms with Crippen LogP contribution in [0.2, 0.25) is 0 Å². The average molecular weight is 589 g/mol. The summed E-state index contributed by atoms with van der Waals surface area (Å²) >= 11 is 4.74. The highest BCUT2D eigenvalue weighted by molar-refractivity contribution is 9.10. The van der Waals surface area contributed by atoms with E-state index < -0.39 is 17.8 Å². The molecule has 0 radical (unpaired) electrons. The number of ether oxygens (including phenoxy) is 3. The lowest BCUT2D eigenvalue weighted by molar-refractivity contribution is -0.139. The molecule has 0 saturated carbocycles. The third-order valence-corrected chi connectivity index (χ3v) is 7.18. The van der Waals surface area contributed by atoms with E-state index in [1.165, 1.54) is 28.0 Å². The molecule has 0 N–H and O–H groups in total. The minimum absolute atomic E-state index is 0.0527. The number of methoxy groups -OCH3 is 1. The smallest absolute Gasteiger partial charge is 0.338 e. The number of fused-ring (bicyclic) bond motifs is 1. The topological polar surface area (TPSA) is 79.1 Å². The summed E-state index contributed by atoms with van der Waals surface area (Å²) in [6.45, 7) is 7.42. The van der Waals surface area contributed by atoms with Crippen LogP contribution in [-0.4, -0.2) is 30.4 Å². The van der Waals surface area contributed by atoms with Crippen molar-refractivity contribution in [3.63, 3.8) is 0 Å². The van der Waals surface area contributed by atoms with Gasteiger partial charge in [0, 0.05) is 0 Å². The van der Waals surface area contributed by atoms with Crippen LogP contribution in [0.4, 0.5) is 4.39 Å². The number of carbonyl (C=O) groups excluding carboxylic acids is 1. The van der Waals surface area contributed by atoms with Crippen molar-refractivity contribution >= 4 is 39.3 Å². The van der Waals surface area contributed by atoms with Gasteiger partial charge < -0.3 is 14.2 Å². The Morgan fingerprint density at radius 1 is 1.27 bits per heavy atom. The summed E-state index contributed by atoms with van der Waals surface area (Å²) in [6, 6.07) is 8.54. The van der Waals surface area contributed by atoms with Gasteiger partial charge in [-0.15, -0.1) is 0 Å². The molecule has 1 aliphatic rings. The molecule has 0 saturated heterocycles. The quantitative estimate of drug-likeness (QED) is 0.380. The Bertz CT molecular complexity index is 1560. The van der Waals surface area contributed by atoms with Crippen LogP contribution < -0.4 is 24.4 Å². The van der Waals surface area contributed by atoms with E-state index in [1.54, 1.807) is 45.2 Å². The van der Waals surface area contributed by atoms with Gasteiger partial charge >= 0.3 is 5.97 Å². The maximum atomic E-state index is 13.7. The van der Waals surface area contributed by atoms with Gasteiger partial charge in [-0.05, 0) is 85.1 Å². The van der Waals surface area contributed by atoms with Crippen molar-refractivity contribution < 1.29 is 23.4 Å². The van der Waals surface area contributed by atoms with E-state index in [4.69, 9.17) is 14.2 Å². The highest BCUT2D eigenvalue weighted by atomic mass is 79.9. The molecule has 1 atom stereocenters. The van der Waals surface area contributed by atoms with Crippen LogP contribution >= 0.6 is 27.3 Å². The molecule has 0 unspecified atom stereocenters. The lowest BCUT2D eigenvalue weighted by Gasteiger charge is -2.24. The number of aromatic nitrogens is 1. The third kappa shape index (κ3) is 5.40. The van der Waals surface area contributed by atoms with Gasteiger partial charge in [-0.25, -0.2) is 14.2 Å². The Labute approximate surface area is 225 Å². The second-order valence-electron chi connectivity index (χ2n) is 8.55. The van der Waals surface area contributed by atoms with E-state index in [0.717, 1.165) is 0 Å². The van der Waals surface area contributed by atoms with Crippen LogP contribution in [0.25, 0.3) is 6.08 Å². The molecule has 10 heteroatoms. The second kappa shape index (κ2) is 11.0. The number of carbonyl (C=O) groups is 1. The number of esters is 1. The third-order valence-electron chi connectivity index (χ3n) is 5.61. The van der Waals surface area contributed by atoms with Gasteiger partial charge in [0.15, 0.2) is 16.3 Å². The summed E-state index contributed by atoms with van der Waals surface area (Å²) in [5.74, 6) is 0.106. The molecular formula is C27H26BrFN2O5S. The Hall–Kier alpha value is -3.24. The zero-order valence-electron chi connectivity index (χ0n) is 21.0. The molecular weight excluding hydrogens is 563 g/mol. The molecule has 3 aromatic rings. The second-order valence-corrected chi connectivity index (χ2v) is 10.4. The first-order chi connectivity index (χ1) is 17.6. The summed E-state index contributed by atoms with van der Waals surface area (Å²) in [6.07, 6.45) is 1.68. The van der Waals surface area contributed by atoms with Crippen molar-refractivity contribution in [3.05, 3.63) is 88.8 Å². The van der Waals surface area contributed by atoms with E-state index in [1.807, 2.05) is 19.9 Å². The predicted molar refractivity (Wildman–Crippen MR) is 143 cm³/mol. The number of rotatable bonds is 7. The van der Waals surface area contributed by atoms with Crippen molar-refractivity contribution in [3.8, 4) is 11.5 Å². The molecule has 1 aliphatic heterocycles. The molecule has 2 heterocycles. The average Bonchev–Trinajstić information content (AvgIpc) is 3.14. The fraction of sp³-hybridized carbons (Fsp3) is 0.296. The molecule has 0 fully saturated rings. The van der Waals surface area contributed by atoms with E-state index in [2.05, 4.69) is 20.9 Å². The Morgan fingerprint density at radius 3 is 2.59 bits per heavy atom. The zero-order valence-corrected chi connectivity index (χ0v) is 23.4. The van der Waals surface area contributed by atoms with Gasteiger partial charge in [-0.3, -0.25) is 9.36 Å². The Balaban J connectivity index is 1.91. The van der Waals surface area contributed by atoms with Crippen molar-refractivity contribution in [2.45, 2.75) is 39.8 Å². The first kappa shape index (κ1) is 26.8. The highest BCUT2D eigenvalue weighted by Gasteiger charge is 2.33. The van der Waals surface area contributed by atoms with Crippen LogP contribution in [-0.2, 0) is 9.53 Å². The molecule has 0 aliphatic carbocycles. The maximum Gasteiger partial charge on any atom is 0.338 e. The summed E-state index contributed by atoms with van der Waals surface area (Å²) in [4.78, 5) is 31.6. The largest absolute Gasteiger partial charge is 0.493 e. The molecule has 1 aromatic heterocycles. The minimum atomic E-state index is -0.804. The van der Waals surface area contributed by atoms with Crippen molar-refractivity contribution in [2.24, 2.45) is 4.99 Å². The summed E-state index contributed by atoms with van der Waals surface area (Å²) in [5.41, 5.74) is 1.65. The van der Waals surface area contributed by atoms with Gasteiger partial charge in [0.25, 0.3) is 5.56 Å². The van der Waals surface area contributed by atoms with Gasteiger partial charge in [-0.2, -0.15) is 0 Å². The molecule has 0 bridgehead atoms. The number of allylic oxidation sites excluding steroid dienone is 1. The van der Waals surface area contributed by atoms with Crippen LogP contribution in [0.5, 0.6) is 11.5 Å². The SMILES string of the molecule is CCOC(=O)C1=C(C)N=c2s/c(=C\c3cc(Br)c(OC(C)C)c(OC)c3)c(=O)n2[C@@H]1c1ccc(F)cc1. The first-order valence-corrected chi connectivity index (χ1v) is 13.2. The van der Waals surface area contributed by atoms with E-state index in [9.17, 15) is 14.0 Å². The highest BCUT2D eigenvalue weighted by Crippen LogP contribution is 2.37. The van der Waals surface area contributed by atoms with Crippen LogP contribution in [0.15, 0.2) is 61.9 Å². The monoisotopic (exact) mass is 588 g/mol. The summed E-state index contributed by atoms with van der Waals surface area (Å²) in [5, 5.41) is 0. The summed E-state index contributed by atoms with van der Waals surface area (Å²) < 4.78 is 32.9. The number of halogens is 2. The normalized spacial score (nSPS) is 15.5. The Kier molecular flexibility index (Phi) is 7.99. The van der Waals surface area contributed by atoms with Gasteiger partial charge in [0.1, 0.15) is 5.82 Å². The van der Waals surface area contributed by atoms with Gasteiger partial charge in [-0.1, -0.05) is 23.5 Å². The fourth-order valence-corrected chi connectivity index (χ4v) is 5.68. The molecule has 0 spiro atoms. The number of hydrogen-bond acceptors (Lipinski definition) is 7. The fourth-order valence-electron chi connectivity index (χ4n) is 4.08.